The lowest BCUT2D eigenvalue weighted by molar-refractivity contribution is -0.112. The maximum Gasteiger partial charge on any atom is 0.173 e. The Kier molecular flexibility index (Phi) is 3.11. The second-order valence-corrected chi connectivity index (χ2v) is 2.52. The monoisotopic (exact) mass is 151 g/mol. The molecule has 54 valence electrons. The van der Waals surface area contributed by atoms with Crippen LogP contribution in [-0.2, 0) is 4.79 Å². The zero-order chi connectivity index (χ0) is 7.49. The molecule has 3 N–H and O–H groups in total. The first kappa shape index (κ1) is 8.88. The van der Waals surface area contributed by atoms with Gasteiger partial charge in [-0.2, -0.15) is 0 Å². The van der Waals surface area contributed by atoms with Gasteiger partial charge in [-0.05, 0) is 6.42 Å². The molecule has 0 unspecified atom stereocenters. The number of aliphatic hydroxyl groups is 1. The van der Waals surface area contributed by atoms with Crippen LogP contribution in [0, 0.1) is 0 Å². The van der Waals surface area contributed by atoms with Crippen LogP contribution in [-0.4, -0.2) is 22.5 Å². The number of hydrogen-bond donors (Lipinski definition) is 2. The van der Waals surface area contributed by atoms with Gasteiger partial charge in [0.1, 0.15) is 0 Å². The molecule has 0 saturated heterocycles. The van der Waals surface area contributed by atoms with Crippen molar-refractivity contribution < 1.29 is 9.90 Å². The van der Waals surface area contributed by atoms with Crippen LogP contribution in [0.3, 0.4) is 0 Å². The summed E-state index contributed by atoms with van der Waals surface area (Å²) < 4.78 is 0. The fourth-order valence-corrected chi connectivity index (χ4v) is 0.546. The molecule has 0 rings (SSSR count). The predicted octanol–water partition coefficient (Wildman–Crippen LogP) is -0.150. The Balaban J connectivity index is 3.95. The van der Waals surface area contributed by atoms with Crippen LogP contribution in [0.1, 0.15) is 13.3 Å². The molecule has 0 aromatic heterocycles. The average molecular weight is 152 g/mol. The van der Waals surface area contributed by atoms with Crippen molar-refractivity contribution in [2.45, 2.75) is 24.4 Å². The number of hydrogen-bond acceptors (Lipinski definition) is 3. The highest BCUT2D eigenvalue weighted by molar-refractivity contribution is 6.31. The first-order valence-electron chi connectivity index (χ1n) is 2.66. The minimum Gasteiger partial charge on any atom is -0.389 e. The Morgan fingerprint density at radius 1 is 2.00 bits per heavy atom. The van der Waals surface area contributed by atoms with Crippen molar-refractivity contribution in [1.82, 2.24) is 0 Å². The van der Waals surface area contributed by atoms with Crippen molar-refractivity contribution in [3.05, 3.63) is 0 Å². The van der Waals surface area contributed by atoms with Gasteiger partial charge in [-0.3, -0.25) is 4.79 Å². The van der Waals surface area contributed by atoms with Crippen LogP contribution >= 0.6 is 11.6 Å². The van der Waals surface area contributed by atoms with Gasteiger partial charge in [-0.1, -0.05) is 18.5 Å². The molecule has 0 aliphatic heterocycles. The summed E-state index contributed by atoms with van der Waals surface area (Å²) in [6, 6.07) is 0. The predicted molar refractivity (Wildman–Crippen MR) is 35.1 cm³/mol. The summed E-state index contributed by atoms with van der Waals surface area (Å²) in [4.78, 5) is 8.41. The molecule has 9 heavy (non-hydrogen) atoms. The van der Waals surface area contributed by atoms with Crippen LogP contribution in [0.5, 0.6) is 0 Å². The molecule has 0 aromatic carbocycles. The number of carbonyl (C=O) groups is 1. The van der Waals surface area contributed by atoms with E-state index in [9.17, 15) is 4.79 Å². The molecule has 0 heterocycles. The SMILES string of the molecule is CC[C@@H](O)[C@@](N)(Cl)C=O. The van der Waals surface area contributed by atoms with Gasteiger partial charge < -0.3 is 10.8 Å². The average Bonchev–Trinajstić information content (AvgIpc) is 1.86. The van der Waals surface area contributed by atoms with E-state index in [2.05, 4.69) is 0 Å². The summed E-state index contributed by atoms with van der Waals surface area (Å²) in [5.74, 6) is 0. The molecule has 0 aliphatic rings. The van der Waals surface area contributed by atoms with E-state index in [1.165, 1.54) is 0 Å². The number of nitrogens with two attached hydrogens (primary N) is 1. The number of halogens is 1. The van der Waals surface area contributed by atoms with E-state index in [0.29, 0.717) is 12.7 Å². The Morgan fingerprint density at radius 3 is 2.56 bits per heavy atom. The van der Waals surface area contributed by atoms with Crippen LogP contribution in [0.2, 0.25) is 0 Å². The second-order valence-electron chi connectivity index (χ2n) is 1.87. The molecule has 0 radical (unpaired) electrons. The van der Waals surface area contributed by atoms with Gasteiger partial charge in [0.15, 0.2) is 11.3 Å². The van der Waals surface area contributed by atoms with E-state index < -0.39 is 11.1 Å². The van der Waals surface area contributed by atoms with Gasteiger partial charge in [0.05, 0.1) is 6.10 Å². The lowest BCUT2D eigenvalue weighted by Crippen LogP contribution is -2.46. The van der Waals surface area contributed by atoms with Crippen molar-refractivity contribution in [3.63, 3.8) is 0 Å². The van der Waals surface area contributed by atoms with Crippen LogP contribution in [0.4, 0.5) is 0 Å². The normalized spacial score (nSPS) is 20.4. The number of carbonyl (C=O) groups excluding carboxylic acids is 1. The van der Waals surface area contributed by atoms with Crippen LogP contribution in [0.15, 0.2) is 0 Å². The zero-order valence-corrected chi connectivity index (χ0v) is 5.93. The van der Waals surface area contributed by atoms with Crippen LogP contribution < -0.4 is 5.73 Å². The molecule has 0 aromatic rings. The standard InChI is InChI=1S/C5H10ClNO2/c1-2-4(9)5(6,7)3-8/h3-4,9H,2,7H2,1H3/t4-,5-/m1/s1. The molecular formula is C5H10ClNO2. The maximum atomic E-state index is 10.0. The van der Waals surface area contributed by atoms with Crippen molar-refractivity contribution in [3.8, 4) is 0 Å². The molecule has 2 atom stereocenters. The molecular weight excluding hydrogens is 142 g/mol. The summed E-state index contributed by atoms with van der Waals surface area (Å²) in [6.45, 7) is 1.69. The first-order valence-corrected chi connectivity index (χ1v) is 3.04. The fraction of sp³-hybridized carbons (Fsp3) is 0.800. The van der Waals surface area contributed by atoms with Gasteiger partial charge in [0.2, 0.25) is 0 Å². The second kappa shape index (κ2) is 3.15. The molecule has 0 bridgehead atoms. The topological polar surface area (TPSA) is 63.3 Å². The number of rotatable bonds is 3. The Hall–Kier alpha value is -0.120. The van der Waals surface area contributed by atoms with Crippen molar-refractivity contribution in [1.29, 1.82) is 0 Å². The third-order valence-corrected chi connectivity index (χ3v) is 1.42. The lowest BCUT2D eigenvalue weighted by Gasteiger charge is -2.19. The quantitative estimate of drug-likeness (QED) is 0.335. The van der Waals surface area contributed by atoms with E-state index in [-0.39, 0.29) is 0 Å². The van der Waals surface area contributed by atoms with Gasteiger partial charge >= 0.3 is 0 Å². The minimum atomic E-state index is -1.60. The van der Waals surface area contributed by atoms with Gasteiger partial charge in [-0.15, -0.1) is 0 Å². The maximum absolute atomic E-state index is 10.0. The van der Waals surface area contributed by atoms with Crippen molar-refractivity contribution in [2.24, 2.45) is 5.73 Å². The van der Waals surface area contributed by atoms with Gasteiger partial charge in [-0.25, -0.2) is 0 Å². The Morgan fingerprint density at radius 2 is 2.44 bits per heavy atom. The first-order chi connectivity index (χ1) is 4.04. The highest BCUT2D eigenvalue weighted by atomic mass is 35.5. The molecule has 0 spiro atoms. The summed E-state index contributed by atoms with van der Waals surface area (Å²) in [5, 5.41) is 8.90. The molecule has 0 saturated carbocycles. The van der Waals surface area contributed by atoms with E-state index >= 15 is 0 Å². The molecule has 0 fully saturated rings. The van der Waals surface area contributed by atoms with E-state index in [0.717, 1.165) is 0 Å². The molecule has 3 nitrogen and oxygen atoms in total. The Bertz CT molecular complexity index is 105. The van der Waals surface area contributed by atoms with Gasteiger partial charge in [0.25, 0.3) is 0 Å². The smallest absolute Gasteiger partial charge is 0.173 e. The highest BCUT2D eigenvalue weighted by Gasteiger charge is 2.28. The van der Waals surface area contributed by atoms with E-state index in [1.54, 1.807) is 6.92 Å². The molecule has 0 amide bonds. The summed E-state index contributed by atoms with van der Waals surface area (Å²) >= 11 is 5.33. The third kappa shape index (κ3) is 2.30. The molecule has 0 aliphatic carbocycles. The van der Waals surface area contributed by atoms with E-state index in [1.807, 2.05) is 0 Å². The fourth-order valence-electron chi connectivity index (χ4n) is 0.391. The number of aliphatic hydroxyl groups excluding tert-OH is 1. The van der Waals surface area contributed by atoms with Crippen LogP contribution in [0.25, 0.3) is 0 Å². The summed E-state index contributed by atoms with van der Waals surface area (Å²) in [7, 11) is 0. The number of alkyl halides is 1. The zero-order valence-electron chi connectivity index (χ0n) is 5.17. The highest BCUT2D eigenvalue weighted by Crippen LogP contribution is 2.11. The number of aldehydes is 1. The summed E-state index contributed by atoms with van der Waals surface area (Å²) in [6.07, 6.45) is -0.252. The largest absolute Gasteiger partial charge is 0.389 e. The minimum absolute atomic E-state index is 0.336. The molecule has 4 heteroatoms. The third-order valence-electron chi connectivity index (χ3n) is 1.08. The summed E-state index contributed by atoms with van der Waals surface area (Å²) in [5.41, 5.74) is 5.12. The Labute approximate surface area is 58.8 Å². The van der Waals surface area contributed by atoms with Gasteiger partial charge in [0, 0.05) is 0 Å². The lowest BCUT2D eigenvalue weighted by atomic mass is 10.1. The van der Waals surface area contributed by atoms with E-state index in [4.69, 9.17) is 22.4 Å². The van der Waals surface area contributed by atoms with Crippen molar-refractivity contribution in [2.75, 3.05) is 0 Å². The van der Waals surface area contributed by atoms with Crippen molar-refractivity contribution >= 4 is 17.9 Å².